The summed E-state index contributed by atoms with van der Waals surface area (Å²) in [5, 5.41) is 13.2. The van der Waals surface area contributed by atoms with Crippen LogP contribution in [-0.4, -0.2) is 59.4 Å². The zero-order valence-electron chi connectivity index (χ0n) is 13.1. The van der Waals surface area contributed by atoms with E-state index in [0.717, 1.165) is 25.9 Å². The molecule has 3 unspecified atom stereocenters. The Bertz CT molecular complexity index is 347. The largest absolute Gasteiger partial charge is 0.480 e. The Balaban J connectivity index is 2.12. The van der Waals surface area contributed by atoms with Crippen molar-refractivity contribution in [2.24, 2.45) is 5.92 Å². The van der Waals surface area contributed by atoms with Crippen molar-refractivity contribution in [3.8, 4) is 0 Å². The molecule has 20 heavy (non-hydrogen) atoms. The van der Waals surface area contributed by atoms with E-state index in [4.69, 9.17) is 4.74 Å². The van der Waals surface area contributed by atoms with Gasteiger partial charge in [0.25, 0.3) is 0 Å². The fraction of sp³-hybridized carbons (Fsp3) is 0.933. The minimum absolute atomic E-state index is 0.169. The summed E-state index contributed by atoms with van der Waals surface area (Å²) < 4.78 is 5.74. The molecule has 0 amide bonds. The highest BCUT2D eigenvalue weighted by Gasteiger charge is 2.52. The van der Waals surface area contributed by atoms with E-state index >= 15 is 0 Å². The molecule has 2 rings (SSSR count). The third-order valence-corrected chi connectivity index (χ3v) is 4.17. The number of hydrogen-bond acceptors (Lipinski definition) is 4. The Labute approximate surface area is 121 Å². The molecule has 0 aromatic carbocycles. The first-order chi connectivity index (χ1) is 9.33. The third-order valence-electron chi connectivity index (χ3n) is 4.17. The first-order valence-corrected chi connectivity index (χ1v) is 7.72. The minimum Gasteiger partial charge on any atom is -0.480 e. The van der Waals surface area contributed by atoms with Gasteiger partial charge >= 0.3 is 5.97 Å². The zero-order valence-corrected chi connectivity index (χ0v) is 13.1. The van der Waals surface area contributed by atoms with Crippen molar-refractivity contribution in [2.75, 3.05) is 19.6 Å². The fourth-order valence-corrected chi connectivity index (χ4v) is 3.45. The van der Waals surface area contributed by atoms with E-state index in [0.29, 0.717) is 6.54 Å². The normalized spacial score (nSPS) is 31.2. The van der Waals surface area contributed by atoms with Crippen LogP contribution in [0.5, 0.6) is 0 Å². The molecule has 1 heterocycles. The lowest BCUT2D eigenvalue weighted by Gasteiger charge is -2.42. The summed E-state index contributed by atoms with van der Waals surface area (Å²) in [6, 6.07) is 0.169. The van der Waals surface area contributed by atoms with E-state index in [2.05, 4.69) is 24.1 Å². The Kier molecular flexibility index (Phi) is 4.72. The molecule has 116 valence electrons. The molecule has 2 fully saturated rings. The van der Waals surface area contributed by atoms with Gasteiger partial charge in [-0.2, -0.15) is 0 Å². The van der Waals surface area contributed by atoms with Crippen molar-refractivity contribution in [2.45, 2.75) is 64.3 Å². The molecule has 0 radical (unpaired) electrons. The van der Waals surface area contributed by atoms with Gasteiger partial charge in [-0.15, -0.1) is 0 Å². The minimum atomic E-state index is -0.801. The second-order valence-corrected chi connectivity index (χ2v) is 6.80. The number of morpholine rings is 1. The summed E-state index contributed by atoms with van der Waals surface area (Å²) in [4.78, 5) is 14.2. The standard InChI is InChI=1S/C15H28N2O3/c1-10(2)16-15(14(18)19,13-5-6-13)9-17-7-11(3)20-12(4)8-17/h10-13,16H,5-9H2,1-4H3,(H,18,19). The van der Waals surface area contributed by atoms with E-state index < -0.39 is 11.5 Å². The molecule has 2 aliphatic rings. The molecule has 2 N–H and O–H groups in total. The van der Waals surface area contributed by atoms with E-state index in [1.807, 2.05) is 13.8 Å². The number of carboxylic acids is 1. The monoisotopic (exact) mass is 284 g/mol. The number of ether oxygens (including phenoxy) is 1. The van der Waals surface area contributed by atoms with Gasteiger partial charge < -0.3 is 9.84 Å². The molecular weight excluding hydrogens is 256 g/mol. The van der Waals surface area contributed by atoms with Gasteiger partial charge in [-0.05, 0) is 46.5 Å². The second kappa shape index (κ2) is 6.00. The number of hydrogen-bond donors (Lipinski definition) is 2. The number of nitrogens with one attached hydrogen (secondary N) is 1. The zero-order chi connectivity index (χ0) is 14.9. The summed E-state index contributed by atoms with van der Waals surface area (Å²) in [6.45, 7) is 10.3. The molecular formula is C15H28N2O3. The van der Waals surface area contributed by atoms with Gasteiger partial charge in [-0.1, -0.05) is 0 Å². The van der Waals surface area contributed by atoms with Crippen LogP contribution in [0.25, 0.3) is 0 Å². The van der Waals surface area contributed by atoms with E-state index in [-0.39, 0.29) is 24.2 Å². The predicted molar refractivity (Wildman–Crippen MR) is 77.8 cm³/mol. The summed E-state index contributed by atoms with van der Waals surface area (Å²) in [7, 11) is 0. The van der Waals surface area contributed by atoms with Crippen LogP contribution in [0.1, 0.15) is 40.5 Å². The van der Waals surface area contributed by atoms with Gasteiger partial charge in [0.05, 0.1) is 12.2 Å². The fourth-order valence-electron chi connectivity index (χ4n) is 3.45. The maximum absolute atomic E-state index is 12.0. The van der Waals surface area contributed by atoms with Crippen LogP contribution in [0.2, 0.25) is 0 Å². The van der Waals surface area contributed by atoms with Gasteiger partial charge in [0, 0.05) is 25.7 Å². The molecule has 1 saturated heterocycles. The molecule has 0 aromatic heterocycles. The highest BCUT2D eigenvalue weighted by atomic mass is 16.5. The van der Waals surface area contributed by atoms with Crippen LogP contribution >= 0.6 is 0 Å². The Hall–Kier alpha value is -0.650. The lowest BCUT2D eigenvalue weighted by Crippen LogP contribution is -2.64. The molecule has 1 aliphatic heterocycles. The number of nitrogens with zero attached hydrogens (tertiary/aromatic N) is 1. The summed E-state index contributed by atoms with van der Waals surface area (Å²) in [5.41, 5.74) is -0.801. The maximum atomic E-state index is 12.0. The van der Waals surface area contributed by atoms with E-state index in [1.54, 1.807) is 0 Å². The topological polar surface area (TPSA) is 61.8 Å². The number of carboxylic acid groups (broad SMARTS) is 1. The Morgan fingerprint density at radius 1 is 1.35 bits per heavy atom. The second-order valence-electron chi connectivity index (χ2n) is 6.80. The molecule has 1 saturated carbocycles. The lowest BCUT2D eigenvalue weighted by atomic mass is 9.90. The van der Waals surface area contributed by atoms with Crippen molar-refractivity contribution in [3.63, 3.8) is 0 Å². The quantitative estimate of drug-likeness (QED) is 0.770. The molecule has 1 aliphatic carbocycles. The van der Waals surface area contributed by atoms with Crippen molar-refractivity contribution < 1.29 is 14.6 Å². The van der Waals surface area contributed by atoms with Gasteiger partial charge in [0.2, 0.25) is 0 Å². The third kappa shape index (κ3) is 3.51. The predicted octanol–water partition coefficient (Wildman–Crippen LogP) is 1.33. The first kappa shape index (κ1) is 15.7. The smallest absolute Gasteiger partial charge is 0.325 e. The average molecular weight is 284 g/mol. The highest BCUT2D eigenvalue weighted by molar-refractivity contribution is 5.80. The van der Waals surface area contributed by atoms with Gasteiger partial charge in [-0.3, -0.25) is 15.0 Å². The first-order valence-electron chi connectivity index (χ1n) is 7.72. The van der Waals surface area contributed by atoms with Gasteiger partial charge in [-0.25, -0.2) is 0 Å². The Morgan fingerprint density at radius 3 is 2.30 bits per heavy atom. The van der Waals surface area contributed by atoms with Crippen LogP contribution in [0, 0.1) is 5.92 Å². The van der Waals surface area contributed by atoms with Crippen LogP contribution in [0.15, 0.2) is 0 Å². The highest BCUT2D eigenvalue weighted by Crippen LogP contribution is 2.41. The van der Waals surface area contributed by atoms with Crippen LogP contribution in [-0.2, 0) is 9.53 Å². The van der Waals surface area contributed by atoms with Crippen molar-refractivity contribution in [3.05, 3.63) is 0 Å². The number of rotatable bonds is 6. The lowest BCUT2D eigenvalue weighted by molar-refractivity contribution is -0.149. The molecule has 0 spiro atoms. The Morgan fingerprint density at radius 2 is 1.90 bits per heavy atom. The molecule has 3 atom stereocenters. The van der Waals surface area contributed by atoms with Gasteiger partial charge in [0.1, 0.15) is 5.54 Å². The van der Waals surface area contributed by atoms with Crippen LogP contribution < -0.4 is 5.32 Å². The summed E-state index contributed by atoms with van der Waals surface area (Å²) in [6.07, 6.45) is 2.37. The van der Waals surface area contributed by atoms with Gasteiger partial charge in [0.15, 0.2) is 0 Å². The average Bonchev–Trinajstić information content (AvgIpc) is 3.09. The molecule has 5 heteroatoms. The van der Waals surface area contributed by atoms with Crippen molar-refractivity contribution >= 4 is 5.97 Å². The molecule has 5 nitrogen and oxygen atoms in total. The SMILES string of the molecule is CC(C)NC(CN1CC(C)OC(C)C1)(C(=O)O)C1CC1. The summed E-state index contributed by atoms with van der Waals surface area (Å²) in [5.74, 6) is -0.448. The van der Waals surface area contributed by atoms with E-state index in [9.17, 15) is 9.90 Å². The number of carbonyl (C=O) groups is 1. The summed E-state index contributed by atoms with van der Waals surface area (Å²) >= 11 is 0. The molecule has 0 bridgehead atoms. The van der Waals surface area contributed by atoms with Crippen LogP contribution in [0.4, 0.5) is 0 Å². The maximum Gasteiger partial charge on any atom is 0.325 e. The molecule has 0 aromatic rings. The number of aliphatic carboxylic acids is 1. The van der Waals surface area contributed by atoms with Crippen molar-refractivity contribution in [1.29, 1.82) is 0 Å². The van der Waals surface area contributed by atoms with Crippen molar-refractivity contribution in [1.82, 2.24) is 10.2 Å². The van der Waals surface area contributed by atoms with E-state index in [1.165, 1.54) is 0 Å². The van der Waals surface area contributed by atoms with Crippen LogP contribution in [0.3, 0.4) is 0 Å².